The van der Waals surface area contributed by atoms with Gasteiger partial charge in [0.05, 0.1) is 13.7 Å². The molecule has 114 valence electrons. The van der Waals surface area contributed by atoms with E-state index in [4.69, 9.17) is 9.84 Å². The van der Waals surface area contributed by atoms with Crippen molar-refractivity contribution in [3.8, 4) is 5.75 Å². The number of benzene rings is 1. The molecule has 1 heterocycles. The highest BCUT2D eigenvalue weighted by atomic mass is 32.2. The van der Waals surface area contributed by atoms with Gasteiger partial charge in [-0.1, -0.05) is 12.1 Å². The predicted octanol–water partition coefficient (Wildman–Crippen LogP) is 2.29. The molecule has 2 aromatic rings. The lowest BCUT2D eigenvalue weighted by atomic mass is 10.1. The van der Waals surface area contributed by atoms with Gasteiger partial charge in [-0.25, -0.2) is 13.1 Å². The normalized spacial score (nSPS) is 13.1. The lowest BCUT2D eigenvalue weighted by Crippen LogP contribution is -2.26. The maximum atomic E-state index is 12.3. The zero-order valence-electron chi connectivity index (χ0n) is 11.7. The average molecular weight is 327 g/mol. The van der Waals surface area contributed by atoms with E-state index in [1.54, 1.807) is 32.2 Å². The van der Waals surface area contributed by atoms with E-state index in [9.17, 15) is 8.42 Å². The molecule has 1 aromatic carbocycles. The zero-order chi connectivity index (χ0) is 15.5. The number of aliphatic hydroxyl groups is 1. The van der Waals surface area contributed by atoms with Gasteiger partial charge in [0.25, 0.3) is 10.0 Å². The summed E-state index contributed by atoms with van der Waals surface area (Å²) >= 11 is 1.06. The summed E-state index contributed by atoms with van der Waals surface area (Å²) in [6.07, 6.45) is 0. The summed E-state index contributed by atoms with van der Waals surface area (Å²) in [5.74, 6) is 0.722. The Bertz CT molecular complexity index is 692. The molecule has 2 N–H and O–H groups in total. The lowest BCUT2D eigenvalue weighted by molar-refractivity contribution is 0.285. The Balaban J connectivity index is 2.14. The fraction of sp³-hybridized carbons (Fsp3) is 0.286. The highest BCUT2D eigenvalue weighted by molar-refractivity contribution is 7.91. The van der Waals surface area contributed by atoms with Crippen LogP contribution >= 0.6 is 11.3 Å². The third kappa shape index (κ3) is 3.82. The maximum Gasteiger partial charge on any atom is 0.250 e. The van der Waals surface area contributed by atoms with Crippen LogP contribution in [0.15, 0.2) is 40.6 Å². The first kappa shape index (κ1) is 16.0. The monoisotopic (exact) mass is 327 g/mol. The molecule has 7 heteroatoms. The van der Waals surface area contributed by atoms with Crippen molar-refractivity contribution in [3.05, 3.63) is 46.8 Å². The average Bonchev–Trinajstić information content (AvgIpc) is 2.96. The lowest BCUT2D eigenvalue weighted by Gasteiger charge is -2.14. The number of hydrogen-bond acceptors (Lipinski definition) is 5. The van der Waals surface area contributed by atoms with E-state index >= 15 is 0 Å². The Hall–Kier alpha value is -1.41. The number of sulfonamides is 1. The molecule has 0 radical (unpaired) electrons. The van der Waals surface area contributed by atoms with E-state index in [-0.39, 0.29) is 16.9 Å². The first-order valence-corrected chi connectivity index (χ1v) is 8.62. The van der Waals surface area contributed by atoms with Crippen molar-refractivity contribution in [2.75, 3.05) is 7.11 Å². The molecule has 0 amide bonds. The Labute approximate surface area is 128 Å². The summed E-state index contributed by atoms with van der Waals surface area (Å²) in [4.78, 5) is 0.618. The van der Waals surface area contributed by atoms with Crippen LogP contribution in [0.5, 0.6) is 5.75 Å². The number of thiophene rings is 1. The van der Waals surface area contributed by atoms with Crippen molar-refractivity contribution in [2.45, 2.75) is 23.8 Å². The van der Waals surface area contributed by atoms with Gasteiger partial charge >= 0.3 is 0 Å². The van der Waals surface area contributed by atoms with Crippen molar-refractivity contribution in [1.29, 1.82) is 0 Å². The molecule has 0 fully saturated rings. The van der Waals surface area contributed by atoms with Crippen LogP contribution < -0.4 is 9.46 Å². The molecule has 0 aliphatic heterocycles. The second-order valence-electron chi connectivity index (χ2n) is 4.49. The summed E-state index contributed by atoms with van der Waals surface area (Å²) < 4.78 is 32.4. The van der Waals surface area contributed by atoms with Crippen molar-refractivity contribution < 1.29 is 18.3 Å². The standard InChI is InChI=1S/C14H17NO4S2/c1-10(11-3-5-12(19-2)6-4-11)15-21(17,18)14-8-7-13(9-16)20-14/h3-8,10,15-16H,9H2,1-2H3. The minimum atomic E-state index is -3.59. The summed E-state index contributed by atoms with van der Waals surface area (Å²) in [7, 11) is -2.01. The molecule has 0 bridgehead atoms. The number of hydrogen-bond donors (Lipinski definition) is 2. The molecule has 0 saturated heterocycles. The minimum Gasteiger partial charge on any atom is -0.497 e. The van der Waals surface area contributed by atoms with Crippen molar-refractivity contribution >= 4 is 21.4 Å². The summed E-state index contributed by atoms with van der Waals surface area (Å²) in [6.45, 7) is 1.62. The van der Waals surface area contributed by atoms with Crippen molar-refractivity contribution in [1.82, 2.24) is 4.72 Å². The summed E-state index contributed by atoms with van der Waals surface area (Å²) in [6, 6.07) is 9.96. The van der Waals surface area contributed by atoms with Crippen LogP contribution in [0, 0.1) is 0 Å². The van der Waals surface area contributed by atoms with Gasteiger partial charge in [0.2, 0.25) is 0 Å². The van der Waals surface area contributed by atoms with Gasteiger partial charge in [-0.2, -0.15) is 0 Å². The van der Waals surface area contributed by atoms with E-state index < -0.39 is 10.0 Å². The fourth-order valence-electron chi connectivity index (χ4n) is 1.84. The fourth-order valence-corrected chi connectivity index (χ4v) is 4.30. The van der Waals surface area contributed by atoms with Crippen LogP contribution in [0.1, 0.15) is 23.4 Å². The molecule has 5 nitrogen and oxygen atoms in total. The van der Waals surface area contributed by atoms with E-state index in [0.717, 1.165) is 22.6 Å². The Morgan fingerprint density at radius 2 is 1.90 bits per heavy atom. The number of ether oxygens (including phenoxy) is 1. The van der Waals surface area contributed by atoms with Crippen molar-refractivity contribution in [3.63, 3.8) is 0 Å². The minimum absolute atomic E-state index is 0.159. The summed E-state index contributed by atoms with van der Waals surface area (Å²) in [5, 5.41) is 9.01. The number of rotatable bonds is 6. The third-order valence-electron chi connectivity index (χ3n) is 3.01. The number of aliphatic hydroxyl groups excluding tert-OH is 1. The van der Waals surface area contributed by atoms with Crippen molar-refractivity contribution in [2.24, 2.45) is 0 Å². The molecule has 2 rings (SSSR count). The molecule has 0 saturated carbocycles. The van der Waals surface area contributed by atoms with Gasteiger partial charge < -0.3 is 9.84 Å². The molecular weight excluding hydrogens is 310 g/mol. The molecule has 0 spiro atoms. The van der Waals surface area contributed by atoms with Crippen LogP contribution in [-0.4, -0.2) is 20.6 Å². The largest absolute Gasteiger partial charge is 0.497 e. The Morgan fingerprint density at radius 1 is 1.24 bits per heavy atom. The second kappa shape index (κ2) is 6.57. The van der Waals surface area contributed by atoms with E-state index in [0.29, 0.717) is 4.88 Å². The first-order valence-electron chi connectivity index (χ1n) is 6.32. The van der Waals surface area contributed by atoms with Gasteiger partial charge in [-0.05, 0) is 36.8 Å². The molecule has 1 atom stereocenters. The highest BCUT2D eigenvalue weighted by Crippen LogP contribution is 2.24. The van der Waals surface area contributed by atoms with E-state index in [1.807, 2.05) is 12.1 Å². The Kier molecular flexibility index (Phi) is 5.00. The first-order chi connectivity index (χ1) is 9.96. The summed E-state index contributed by atoms with van der Waals surface area (Å²) in [5.41, 5.74) is 0.846. The van der Waals surface area contributed by atoms with Gasteiger partial charge in [0.1, 0.15) is 9.96 Å². The molecule has 1 unspecified atom stereocenters. The van der Waals surface area contributed by atoms with Crippen LogP contribution in [0.2, 0.25) is 0 Å². The smallest absolute Gasteiger partial charge is 0.250 e. The molecule has 0 aliphatic carbocycles. The predicted molar refractivity (Wildman–Crippen MR) is 82.0 cm³/mol. The number of methoxy groups -OCH3 is 1. The van der Waals surface area contributed by atoms with Crippen LogP contribution in [0.25, 0.3) is 0 Å². The van der Waals surface area contributed by atoms with Crippen LogP contribution in [0.4, 0.5) is 0 Å². The molecular formula is C14H17NO4S2. The van der Waals surface area contributed by atoms with Gasteiger partial charge in [0.15, 0.2) is 0 Å². The second-order valence-corrected chi connectivity index (χ2v) is 7.60. The third-order valence-corrected chi connectivity index (χ3v) is 6.11. The van der Waals surface area contributed by atoms with E-state index in [2.05, 4.69) is 4.72 Å². The van der Waals surface area contributed by atoms with Gasteiger partial charge in [-0.3, -0.25) is 0 Å². The van der Waals surface area contributed by atoms with Crippen LogP contribution in [0.3, 0.4) is 0 Å². The molecule has 21 heavy (non-hydrogen) atoms. The zero-order valence-corrected chi connectivity index (χ0v) is 13.4. The quantitative estimate of drug-likeness (QED) is 0.853. The SMILES string of the molecule is COc1ccc(C(C)NS(=O)(=O)c2ccc(CO)s2)cc1. The molecule has 1 aromatic heterocycles. The maximum absolute atomic E-state index is 12.3. The topological polar surface area (TPSA) is 75.6 Å². The van der Waals surface area contributed by atoms with Gasteiger partial charge in [-0.15, -0.1) is 11.3 Å². The molecule has 0 aliphatic rings. The Morgan fingerprint density at radius 3 is 2.43 bits per heavy atom. The highest BCUT2D eigenvalue weighted by Gasteiger charge is 2.20. The van der Waals surface area contributed by atoms with Crippen LogP contribution in [-0.2, 0) is 16.6 Å². The van der Waals surface area contributed by atoms with Gasteiger partial charge in [0, 0.05) is 10.9 Å². The number of nitrogens with one attached hydrogen (secondary N) is 1. The van der Waals surface area contributed by atoms with E-state index in [1.165, 1.54) is 6.07 Å².